The molecule has 1 fully saturated rings. The van der Waals surface area contributed by atoms with Gasteiger partial charge < -0.3 is 15.2 Å². The van der Waals surface area contributed by atoms with E-state index in [1.54, 1.807) is 7.11 Å². The molecule has 0 aliphatic heterocycles. The van der Waals surface area contributed by atoms with E-state index in [-0.39, 0.29) is 6.10 Å². The molecule has 0 heterocycles. The lowest BCUT2D eigenvalue weighted by Crippen LogP contribution is -2.34. The van der Waals surface area contributed by atoms with Crippen molar-refractivity contribution in [2.45, 2.75) is 51.3 Å². The molecule has 3 heteroatoms. The Bertz CT molecular complexity index is 384. The Morgan fingerprint density at radius 3 is 2.37 bits per heavy atom. The third kappa shape index (κ3) is 4.22. The average molecular weight is 263 g/mol. The molecule has 0 spiro atoms. The molecule has 1 aliphatic rings. The van der Waals surface area contributed by atoms with Crippen LogP contribution in [-0.2, 0) is 0 Å². The maximum atomic E-state index is 9.47. The molecule has 0 saturated heterocycles. The van der Waals surface area contributed by atoms with Crippen molar-refractivity contribution in [2.24, 2.45) is 5.92 Å². The summed E-state index contributed by atoms with van der Waals surface area (Å²) in [7, 11) is 1.69. The standard InChI is InChI=1S/C16H25NO2/c1-11(10-12(2)18)17-16(13-4-5-13)14-6-8-15(19-3)9-7-14/h6-9,11-13,16-18H,4-5,10H2,1-3H3. The van der Waals surface area contributed by atoms with E-state index in [2.05, 4.69) is 24.4 Å². The summed E-state index contributed by atoms with van der Waals surface area (Å²) in [5.41, 5.74) is 1.32. The van der Waals surface area contributed by atoms with Gasteiger partial charge >= 0.3 is 0 Å². The van der Waals surface area contributed by atoms with Gasteiger partial charge in [0.2, 0.25) is 0 Å². The number of methoxy groups -OCH3 is 1. The first-order chi connectivity index (χ1) is 9.10. The molecule has 2 N–H and O–H groups in total. The fourth-order valence-electron chi connectivity index (χ4n) is 2.63. The van der Waals surface area contributed by atoms with Crippen LogP contribution in [0.25, 0.3) is 0 Å². The number of nitrogens with one attached hydrogen (secondary N) is 1. The van der Waals surface area contributed by atoms with Gasteiger partial charge in [0.05, 0.1) is 13.2 Å². The lowest BCUT2D eigenvalue weighted by Gasteiger charge is -2.24. The molecule has 3 nitrogen and oxygen atoms in total. The Hall–Kier alpha value is -1.06. The molecule has 0 amide bonds. The SMILES string of the molecule is COc1ccc(C(NC(C)CC(C)O)C2CC2)cc1. The van der Waals surface area contributed by atoms with E-state index in [0.717, 1.165) is 18.1 Å². The van der Waals surface area contributed by atoms with Crippen LogP contribution in [0.15, 0.2) is 24.3 Å². The largest absolute Gasteiger partial charge is 0.497 e. The van der Waals surface area contributed by atoms with Crippen molar-refractivity contribution in [3.05, 3.63) is 29.8 Å². The first-order valence-corrected chi connectivity index (χ1v) is 7.18. The number of rotatable bonds is 7. The number of hydrogen-bond donors (Lipinski definition) is 2. The van der Waals surface area contributed by atoms with E-state index >= 15 is 0 Å². The Labute approximate surface area is 116 Å². The third-order valence-electron chi connectivity index (χ3n) is 3.73. The minimum atomic E-state index is -0.252. The van der Waals surface area contributed by atoms with Crippen molar-refractivity contribution in [2.75, 3.05) is 7.11 Å². The van der Waals surface area contributed by atoms with E-state index in [9.17, 15) is 5.11 Å². The van der Waals surface area contributed by atoms with E-state index in [1.807, 2.05) is 19.1 Å². The summed E-state index contributed by atoms with van der Waals surface area (Å²) < 4.78 is 5.21. The molecule has 0 aromatic heterocycles. The van der Waals surface area contributed by atoms with Crippen molar-refractivity contribution in [1.82, 2.24) is 5.32 Å². The van der Waals surface area contributed by atoms with Gasteiger partial charge in [-0.05, 0) is 56.7 Å². The van der Waals surface area contributed by atoms with Gasteiger partial charge in [-0.15, -0.1) is 0 Å². The van der Waals surface area contributed by atoms with Crippen LogP contribution in [0.2, 0.25) is 0 Å². The van der Waals surface area contributed by atoms with Crippen molar-refractivity contribution < 1.29 is 9.84 Å². The molecule has 1 aliphatic carbocycles. The quantitative estimate of drug-likeness (QED) is 0.795. The maximum absolute atomic E-state index is 9.47. The number of aliphatic hydroxyl groups excluding tert-OH is 1. The fraction of sp³-hybridized carbons (Fsp3) is 0.625. The second kappa shape index (κ2) is 6.40. The lowest BCUT2D eigenvalue weighted by atomic mass is 10.00. The summed E-state index contributed by atoms with van der Waals surface area (Å²) in [6.07, 6.45) is 3.13. The highest BCUT2D eigenvalue weighted by Crippen LogP contribution is 2.41. The van der Waals surface area contributed by atoms with Crippen LogP contribution in [0, 0.1) is 5.92 Å². The van der Waals surface area contributed by atoms with Gasteiger partial charge in [0, 0.05) is 12.1 Å². The van der Waals surface area contributed by atoms with Crippen LogP contribution < -0.4 is 10.1 Å². The van der Waals surface area contributed by atoms with Crippen LogP contribution in [0.4, 0.5) is 0 Å². The van der Waals surface area contributed by atoms with Gasteiger partial charge in [-0.25, -0.2) is 0 Å². The van der Waals surface area contributed by atoms with Crippen LogP contribution in [0.1, 0.15) is 44.7 Å². The summed E-state index contributed by atoms with van der Waals surface area (Å²) in [5.74, 6) is 1.64. The smallest absolute Gasteiger partial charge is 0.118 e. The number of ether oxygens (including phenoxy) is 1. The summed E-state index contributed by atoms with van der Waals surface area (Å²) in [6.45, 7) is 3.99. The first-order valence-electron chi connectivity index (χ1n) is 7.18. The summed E-state index contributed by atoms with van der Waals surface area (Å²) >= 11 is 0. The van der Waals surface area contributed by atoms with Gasteiger partial charge in [-0.3, -0.25) is 0 Å². The summed E-state index contributed by atoms with van der Waals surface area (Å²) in [5, 5.41) is 13.1. The lowest BCUT2D eigenvalue weighted by molar-refractivity contribution is 0.166. The highest BCUT2D eigenvalue weighted by atomic mass is 16.5. The van der Waals surface area contributed by atoms with Gasteiger partial charge in [-0.2, -0.15) is 0 Å². The molecule has 2 rings (SSSR count). The van der Waals surface area contributed by atoms with Gasteiger partial charge in [0.15, 0.2) is 0 Å². The molecular weight excluding hydrogens is 238 g/mol. The van der Waals surface area contributed by atoms with Crippen molar-refractivity contribution in [3.63, 3.8) is 0 Å². The molecule has 3 unspecified atom stereocenters. The molecule has 3 atom stereocenters. The van der Waals surface area contributed by atoms with Gasteiger partial charge in [-0.1, -0.05) is 12.1 Å². The zero-order valence-corrected chi connectivity index (χ0v) is 12.1. The molecule has 106 valence electrons. The van der Waals surface area contributed by atoms with Crippen molar-refractivity contribution >= 4 is 0 Å². The van der Waals surface area contributed by atoms with E-state index in [1.165, 1.54) is 18.4 Å². The molecule has 0 radical (unpaired) electrons. The Balaban J connectivity index is 2.02. The third-order valence-corrected chi connectivity index (χ3v) is 3.73. The Kier molecular flexibility index (Phi) is 4.83. The van der Waals surface area contributed by atoms with Crippen LogP contribution in [0.3, 0.4) is 0 Å². The molecule has 19 heavy (non-hydrogen) atoms. The number of hydrogen-bond acceptors (Lipinski definition) is 3. The second-order valence-corrected chi connectivity index (χ2v) is 5.74. The average Bonchev–Trinajstić information content (AvgIpc) is 3.19. The molecule has 1 aromatic rings. The minimum Gasteiger partial charge on any atom is -0.497 e. The van der Waals surface area contributed by atoms with Gasteiger partial charge in [0.1, 0.15) is 5.75 Å². The first kappa shape index (κ1) is 14.4. The zero-order chi connectivity index (χ0) is 13.8. The minimum absolute atomic E-state index is 0.252. The Morgan fingerprint density at radius 2 is 1.89 bits per heavy atom. The fourth-order valence-corrected chi connectivity index (χ4v) is 2.63. The number of aliphatic hydroxyl groups is 1. The summed E-state index contributed by atoms with van der Waals surface area (Å²) in [4.78, 5) is 0. The molecule has 1 saturated carbocycles. The predicted molar refractivity (Wildman–Crippen MR) is 77.4 cm³/mol. The highest BCUT2D eigenvalue weighted by molar-refractivity contribution is 5.30. The van der Waals surface area contributed by atoms with E-state index in [4.69, 9.17) is 4.74 Å². The van der Waals surface area contributed by atoms with Crippen molar-refractivity contribution in [1.29, 1.82) is 0 Å². The highest BCUT2D eigenvalue weighted by Gasteiger charge is 2.33. The van der Waals surface area contributed by atoms with Gasteiger partial charge in [0.25, 0.3) is 0 Å². The van der Waals surface area contributed by atoms with E-state index in [0.29, 0.717) is 12.1 Å². The zero-order valence-electron chi connectivity index (χ0n) is 12.1. The van der Waals surface area contributed by atoms with Crippen LogP contribution in [0.5, 0.6) is 5.75 Å². The molecule has 1 aromatic carbocycles. The topological polar surface area (TPSA) is 41.5 Å². The second-order valence-electron chi connectivity index (χ2n) is 5.74. The molecular formula is C16H25NO2. The number of benzene rings is 1. The van der Waals surface area contributed by atoms with E-state index < -0.39 is 0 Å². The molecule has 0 bridgehead atoms. The monoisotopic (exact) mass is 263 g/mol. The predicted octanol–water partition coefficient (Wildman–Crippen LogP) is 2.90. The van der Waals surface area contributed by atoms with Crippen molar-refractivity contribution in [3.8, 4) is 5.75 Å². The Morgan fingerprint density at radius 1 is 1.26 bits per heavy atom. The van der Waals surface area contributed by atoms with Crippen LogP contribution in [-0.4, -0.2) is 24.4 Å². The normalized spacial score (nSPS) is 19.8. The summed E-state index contributed by atoms with van der Waals surface area (Å²) in [6, 6.07) is 9.05. The van der Waals surface area contributed by atoms with Crippen LogP contribution >= 0.6 is 0 Å². The maximum Gasteiger partial charge on any atom is 0.118 e.